The van der Waals surface area contributed by atoms with Crippen molar-refractivity contribution in [3.8, 4) is 17.2 Å². The number of rotatable bonds is 7. The number of aliphatic imine (C=N–C) groups is 2. The van der Waals surface area contributed by atoms with Crippen LogP contribution < -0.4 is 4.74 Å². The summed E-state index contributed by atoms with van der Waals surface area (Å²) in [6.07, 6.45) is 5.25. The van der Waals surface area contributed by atoms with Crippen molar-refractivity contribution >= 4 is 24.9 Å². The number of benzene rings is 2. The van der Waals surface area contributed by atoms with Crippen LogP contribution in [0, 0.1) is 0 Å². The molecule has 2 aromatic rings. The van der Waals surface area contributed by atoms with E-state index in [9.17, 15) is 19.8 Å². The molecule has 26 heavy (non-hydrogen) atoms. The van der Waals surface area contributed by atoms with Crippen LogP contribution >= 0.6 is 0 Å². The van der Waals surface area contributed by atoms with Crippen molar-refractivity contribution in [3.05, 3.63) is 65.5 Å². The van der Waals surface area contributed by atoms with E-state index in [0.717, 1.165) is 0 Å². The maximum absolute atomic E-state index is 10.9. The highest BCUT2D eigenvalue weighted by Gasteiger charge is 2.05. The van der Waals surface area contributed by atoms with Crippen LogP contribution in [-0.2, 0) is 4.79 Å². The second-order valence-corrected chi connectivity index (χ2v) is 4.87. The van der Waals surface area contributed by atoms with Gasteiger partial charge in [-0.2, -0.15) is 0 Å². The zero-order chi connectivity index (χ0) is 18.9. The van der Waals surface area contributed by atoms with E-state index >= 15 is 0 Å². The molecule has 8 nitrogen and oxygen atoms in total. The van der Waals surface area contributed by atoms with Gasteiger partial charge in [0.1, 0.15) is 17.2 Å². The standard InChI is InChI=1S/C18H14N2O6/c21-11-26-15-2-4-17(23)14(8-15)10-20-6-5-19-9-13-7-12(18(24)25)1-3-16(13)22/h1-11,22-23H,(H,24,25). The fraction of sp³-hybridized carbons (Fsp3) is 0. The Morgan fingerprint density at radius 3 is 2.08 bits per heavy atom. The lowest BCUT2D eigenvalue weighted by Crippen LogP contribution is -1.97. The SMILES string of the molecule is O=COc1ccc(O)c(C=NC=CN=Cc2cc(C(=O)O)ccc2O)c1. The number of phenols is 2. The molecule has 0 aliphatic carbocycles. The zero-order valence-electron chi connectivity index (χ0n) is 13.3. The summed E-state index contributed by atoms with van der Waals surface area (Å²) in [5.41, 5.74) is 0.610. The van der Waals surface area contributed by atoms with Gasteiger partial charge < -0.3 is 20.1 Å². The number of carbonyl (C=O) groups is 2. The quantitative estimate of drug-likeness (QED) is 0.517. The number of carboxylic acid groups (broad SMARTS) is 1. The predicted molar refractivity (Wildman–Crippen MR) is 94.2 cm³/mol. The maximum Gasteiger partial charge on any atom is 0.335 e. The van der Waals surface area contributed by atoms with Gasteiger partial charge >= 0.3 is 5.97 Å². The lowest BCUT2D eigenvalue weighted by molar-refractivity contribution is -0.120. The molecule has 0 radical (unpaired) electrons. The first-order chi connectivity index (χ1) is 12.5. The second-order valence-electron chi connectivity index (χ2n) is 4.87. The van der Waals surface area contributed by atoms with Crippen LogP contribution in [0.2, 0.25) is 0 Å². The second kappa shape index (κ2) is 8.78. The normalized spacial score (nSPS) is 11.4. The van der Waals surface area contributed by atoms with Crippen molar-refractivity contribution in [3.63, 3.8) is 0 Å². The molecule has 0 fully saturated rings. The molecule has 2 rings (SSSR count). The average molecular weight is 354 g/mol. The van der Waals surface area contributed by atoms with E-state index < -0.39 is 5.97 Å². The molecule has 0 aliphatic rings. The minimum Gasteiger partial charge on any atom is -0.507 e. The third-order valence-electron chi connectivity index (χ3n) is 3.12. The van der Waals surface area contributed by atoms with Gasteiger partial charge in [0.15, 0.2) is 0 Å². The molecular formula is C18H14N2O6. The number of nitrogens with zero attached hydrogens (tertiary/aromatic N) is 2. The topological polar surface area (TPSA) is 129 Å². The minimum atomic E-state index is -1.11. The van der Waals surface area contributed by atoms with Crippen molar-refractivity contribution in [1.82, 2.24) is 0 Å². The number of hydrogen-bond acceptors (Lipinski definition) is 7. The molecule has 0 aliphatic heterocycles. The first-order valence-electron chi connectivity index (χ1n) is 7.22. The summed E-state index contributed by atoms with van der Waals surface area (Å²) in [7, 11) is 0. The summed E-state index contributed by atoms with van der Waals surface area (Å²) in [6, 6.07) is 8.06. The monoisotopic (exact) mass is 354 g/mol. The van der Waals surface area contributed by atoms with E-state index in [-0.39, 0.29) is 34.8 Å². The van der Waals surface area contributed by atoms with Crippen LogP contribution in [0.25, 0.3) is 0 Å². The number of ether oxygens (including phenoxy) is 1. The Labute approximate surface area is 148 Å². The van der Waals surface area contributed by atoms with Crippen LogP contribution in [-0.4, -0.2) is 40.2 Å². The molecule has 0 amide bonds. The molecule has 3 N–H and O–H groups in total. The van der Waals surface area contributed by atoms with E-state index in [1.165, 1.54) is 61.2 Å². The van der Waals surface area contributed by atoms with Gasteiger partial charge in [-0.15, -0.1) is 0 Å². The lowest BCUT2D eigenvalue weighted by Gasteiger charge is -2.01. The number of aromatic carboxylic acids is 1. The summed E-state index contributed by atoms with van der Waals surface area (Å²) >= 11 is 0. The molecule has 0 heterocycles. The van der Waals surface area contributed by atoms with Gasteiger partial charge in [0.05, 0.1) is 5.56 Å². The van der Waals surface area contributed by atoms with Crippen molar-refractivity contribution < 1.29 is 29.6 Å². The van der Waals surface area contributed by atoms with E-state index in [4.69, 9.17) is 5.11 Å². The third-order valence-corrected chi connectivity index (χ3v) is 3.12. The molecule has 0 atom stereocenters. The molecule has 0 bridgehead atoms. The summed E-state index contributed by atoms with van der Waals surface area (Å²) in [6.45, 7) is 0.274. The number of aromatic hydroxyl groups is 2. The minimum absolute atomic E-state index is 0.0270. The lowest BCUT2D eigenvalue weighted by atomic mass is 10.1. The van der Waals surface area contributed by atoms with Crippen LogP contribution in [0.1, 0.15) is 21.5 Å². The number of phenolic OH excluding ortho intramolecular Hbond substituents is 2. The summed E-state index contributed by atoms with van der Waals surface area (Å²) in [5.74, 6) is -0.998. The molecule has 0 unspecified atom stereocenters. The first kappa shape index (κ1) is 18.4. The molecule has 0 saturated heterocycles. The van der Waals surface area contributed by atoms with Crippen molar-refractivity contribution in [2.45, 2.75) is 0 Å². The molecule has 132 valence electrons. The van der Waals surface area contributed by atoms with E-state index in [1.54, 1.807) is 0 Å². The highest BCUT2D eigenvalue weighted by molar-refractivity contribution is 5.92. The van der Waals surface area contributed by atoms with Crippen molar-refractivity contribution in [2.24, 2.45) is 9.98 Å². The first-order valence-corrected chi connectivity index (χ1v) is 7.22. The number of carboxylic acids is 1. The van der Waals surface area contributed by atoms with Gasteiger partial charge in [-0.25, -0.2) is 4.79 Å². The van der Waals surface area contributed by atoms with Crippen molar-refractivity contribution in [2.75, 3.05) is 0 Å². The van der Waals surface area contributed by atoms with E-state index in [2.05, 4.69) is 14.7 Å². The Bertz CT molecular complexity index is 903. The third kappa shape index (κ3) is 5.03. The highest BCUT2D eigenvalue weighted by Crippen LogP contribution is 2.21. The molecule has 8 heteroatoms. The van der Waals surface area contributed by atoms with Crippen LogP contribution in [0.15, 0.2) is 58.8 Å². The number of carbonyl (C=O) groups excluding carboxylic acids is 1. The van der Waals surface area contributed by atoms with Crippen molar-refractivity contribution in [1.29, 1.82) is 0 Å². The summed E-state index contributed by atoms with van der Waals surface area (Å²) in [4.78, 5) is 29.0. The van der Waals surface area contributed by atoms with Crippen LogP contribution in [0.3, 0.4) is 0 Å². The Balaban J connectivity index is 2.05. The van der Waals surface area contributed by atoms with Gasteiger partial charge in [0.2, 0.25) is 0 Å². The maximum atomic E-state index is 10.9. The largest absolute Gasteiger partial charge is 0.507 e. The Morgan fingerprint density at radius 1 is 0.923 bits per heavy atom. The molecule has 0 aromatic heterocycles. The highest BCUT2D eigenvalue weighted by atomic mass is 16.5. The fourth-order valence-electron chi connectivity index (χ4n) is 1.88. The predicted octanol–water partition coefficient (Wildman–Crippen LogP) is 2.34. The molecule has 0 saturated carbocycles. The van der Waals surface area contributed by atoms with Gasteiger partial charge in [-0.1, -0.05) is 0 Å². The zero-order valence-corrected chi connectivity index (χ0v) is 13.3. The molecular weight excluding hydrogens is 340 g/mol. The van der Waals surface area contributed by atoms with Crippen LogP contribution in [0.4, 0.5) is 0 Å². The summed E-state index contributed by atoms with van der Waals surface area (Å²) in [5, 5.41) is 28.3. The van der Waals surface area contributed by atoms with Gasteiger partial charge in [-0.05, 0) is 36.4 Å². The van der Waals surface area contributed by atoms with Gasteiger partial charge in [-0.3, -0.25) is 14.8 Å². The van der Waals surface area contributed by atoms with E-state index in [1.807, 2.05) is 0 Å². The number of hydrogen-bond donors (Lipinski definition) is 3. The van der Waals surface area contributed by atoms with E-state index in [0.29, 0.717) is 5.56 Å². The average Bonchev–Trinajstić information content (AvgIpc) is 2.61. The Morgan fingerprint density at radius 2 is 1.50 bits per heavy atom. The fourth-order valence-corrected chi connectivity index (χ4v) is 1.88. The van der Waals surface area contributed by atoms with Gasteiger partial charge in [0.25, 0.3) is 6.47 Å². The van der Waals surface area contributed by atoms with Crippen LogP contribution in [0.5, 0.6) is 17.2 Å². The summed E-state index contributed by atoms with van der Waals surface area (Å²) < 4.78 is 4.67. The Kier molecular flexibility index (Phi) is 6.22. The molecule has 2 aromatic carbocycles. The smallest absolute Gasteiger partial charge is 0.335 e. The van der Waals surface area contributed by atoms with Gasteiger partial charge in [0, 0.05) is 36.0 Å². The Hall–Kier alpha value is -3.94. The molecule has 0 spiro atoms.